The summed E-state index contributed by atoms with van der Waals surface area (Å²) in [5, 5.41) is 3.29. The first-order chi connectivity index (χ1) is 7.84. The van der Waals surface area contributed by atoms with Gasteiger partial charge < -0.3 is 10.1 Å². The molecule has 1 aliphatic heterocycles. The molecule has 0 radical (unpaired) electrons. The third kappa shape index (κ3) is 3.26. The molecule has 0 unspecified atom stereocenters. The summed E-state index contributed by atoms with van der Waals surface area (Å²) in [6.45, 7) is 4.56. The molecule has 86 valence electrons. The van der Waals surface area contributed by atoms with Gasteiger partial charge in [-0.15, -0.1) is 0 Å². The van der Waals surface area contributed by atoms with Crippen molar-refractivity contribution in [2.75, 3.05) is 19.7 Å². The molecule has 0 fully saturated rings. The van der Waals surface area contributed by atoms with Crippen LogP contribution < -0.4 is 10.1 Å². The van der Waals surface area contributed by atoms with E-state index in [1.807, 2.05) is 12.1 Å². The molecule has 0 saturated heterocycles. The van der Waals surface area contributed by atoms with Crippen LogP contribution in [0.5, 0.6) is 5.75 Å². The van der Waals surface area contributed by atoms with Crippen LogP contribution in [0.2, 0.25) is 0 Å². The van der Waals surface area contributed by atoms with Crippen molar-refractivity contribution in [3.8, 4) is 5.75 Å². The number of hydrogen-bond acceptors (Lipinski definition) is 3. The summed E-state index contributed by atoms with van der Waals surface area (Å²) in [5.74, 6) is 2.06. The van der Waals surface area contributed by atoms with Crippen LogP contribution in [0.4, 0.5) is 0 Å². The topological polar surface area (TPSA) is 33.6 Å². The molecule has 3 nitrogen and oxygen atoms in total. The van der Waals surface area contributed by atoms with E-state index in [1.165, 1.54) is 12.0 Å². The van der Waals surface area contributed by atoms with Gasteiger partial charge in [0.2, 0.25) is 0 Å². The van der Waals surface area contributed by atoms with Crippen LogP contribution >= 0.6 is 0 Å². The smallest absolute Gasteiger partial charge is 0.119 e. The van der Waals surface area contributed by atoms with E-state index in [9.17, 15) is 0 Å². The molecule has 1 aromatic rings. The minimum Gasteiger partial charge on any atom is -0.492 e. The monoisotopic (exact) mass is 218 g/mol. The van der Waals surface area contributed by atoms with Crippen LogP contribution in [0, 0.1) is 6.92 Å². The summed E-state index contributed by atoms with van der Waals surface area (Å²) in [7, 11) is 0. The Morgan fingerprint density at radius 3 is 2.81 bits per heavy atom. The van der Waals surface area contributed by atoms with Crippen molar-refractivity contribution in [1.29, 1.82) is 0 Å². The zero-order valence-electron chi connectivity index (χ0n) is 9.70. The van der Waals surface area contributed by atoms with E-state index in [1.54, 1.807) is 0 Å². The largest absolute Gasteiger partial charge is 0.492 e. The summed E-state index contributed by atoms with van der Waals surface area (Å²) in [6.07, 6.45) is 2.27. The second-order valence-electron chi connectivity index (χ2n) is 4.02. The van der Waals surface area contributed by atoms with Crippen molar-refractivity contribution < 1.29 is 4.74 Å². The Labute approximate surface area is 96.5 Å². The molecule has 0 amide bonds. The van der Waals surface area contributed by atoms with Crippen LogP contribution in [0.25, 0.3) is 0 Å². The van der Waals surface area contributed by atoms with Crippen LogP contribution in [-0.4, -0.2) is 25.5 Å². The van der Waals surface area contributed by atoms with Crippen molar-refractivity contribution in [1.82, 2.24) is 5.32 Å². The fourth-order valence-electron chi connectivity index (χ4n) is 1.68. The summed E-state index contributed by atoms with van der Waals surface area (Å²) in [4.78, 5) is 4.34. The zero-order chi connectivity index (χ0) is 11.2. The van der Waals surface area contributed by atoms with E-state index in [-0.39, 0.29) is 0 Å². The molecule has 1 heterocycles. The number of ether oxygens (including phenoxy) is 1. The molecule has 0 aromatic heterocycles. The van der Waals surface area contributed by atoms with Crippen LogP contribution in [0.15, 0.2) is 29.3 Å². The van der Waals surface area contributed by atoms with Gasteiger partial charge in [-0.1, -0.05) is 17.7 Å². The summed E-state index contributed by atoms with van der Waals surface area (Å²) >= 11 is 0. The van der Waals surface area contributed by atoms with Crippen molar-refractivity contribution in [3.05, 3.63) is 29.8 Å². The maximum absolute atomic E-state index is 5.60. The lowest BCUT2D eigenvalue weighted by molar-refractivity contribution is 0.322. The van der Waals surface area contributed by atoms with Gasteiger partial charge in [0.25, 0.3) is 0 Å². The minimum absolute atomic E-state index is 0.683. The Bertz CT molecular complexity index is 357. The summed E-state index contributed by atoms with van der Waals surface area (Å²) in [6, 6.07) is 8.12. The van der Waals surface area contributed by atoms with Crippen molar-refractivity contribution >= 4 is 5.84 Å². The van der Waals surface area contributed by atoms with E-state index in [0.29, 0.717) is 6.61 Å². The molecule has 1 aromatic carbocycles. The van der Waals surface area contributed by atoms with Crippen LogP contribution in [0.1, 0.15) is 18.4 Å². The predicted octanol–water partition coefficient (Wildman–Crippen LogP) is 2.16. The van der Waals surface area contributed by atoms with Crippen molar-refractivity contribution in [3.63, 3.8) is 0 Å². The fourth-order valence-corrected chi connectivity index (χ4v) is 1.68. The molecule has 3 heteroatoms. The molecule has 1 aliphatic rings. The van der Waals surface area contributed by atoms with Crippen molar-refractivity contribution in [2.45, 2.75) is 19.8 Å². The third-order valence-corrected chi connectivity index (χ3v) is 2.60. The molecule has 0 bridgehead atoms. The average molecular weight is 218 g/mol. The number of rotatable bonds is 4. The number of hydrogen-bond donors (Lipinski definition) is 1. The molecule has 0 aliphatic carbocycles. The molecule has 2 rings (SSSR count). The lowest BCUT2D eigenvalue weighted by Crippen LogP contribution is -2.26. The fraction of sp³-hybridized carbons (Fsp3) is 0.462. The summed E-state index contributed by atoms with van der Waals surface area (Å²) < 4.78 is 5.60. The number of aliphatic imine (C=N–C) groups is 1. The lowest BCUT2D eigenvalue weighted by atomic mass is 10.2. The van der Waals surface area contributed by atoms with Gasteiger partial charge in [-0.05, 0) is 25.5 Å². The van der Waals surface area contributed by atoms with E-state index in [2.05, 4.69) is 29.4 Å². The Kier molecular flexibility index (Phi) is 3.81. The first-order valence-electron chi connectivity index (χ1n) is 5.81. The minimum atomic E-state index is 0.683. The van der Waals surface area contributed by atoms with Gasteiger partial charge in [-0.25, -0.2) is 0 Å². The van der Waals surface area contributed by atoms with Gasteiger partial charge >= 0.3 is 0 Å². The molecule has 16 heavy (non-hydrogen) atoms. The van der Waals surface area contributed by atoms with Gasteiger partial charge in [-0.3, -0.25) is 4.99 Å². The van der Waals surface area contributed by atoms with Gasteiger partial charge in [-0.2, -0.15) is 0 Å². The Morgan fingerprint density at radius 1 is 1.31 bits per heavy atom. The highest BCUT2D eigenvalue weighted by molar-refractivity contribution is 5.83. The Hall–Kier alpha value is -1.51. The number of benzene rings is 1. The van der Waals surface area contributed by atoms with Crippen molar-refractivity contribution in [2.24, 2.45) is 4.99 Å². The second kappa shape index (κ2) is 5.54. The standard InChI is InChI=1S/C13H18N2O/c1-11-4-6-12(7-5-11)16-10-9-15-13-3-2-8-14-13/h4-7H,2-3,8-10H2,1H3,(H,14,15). The van der Waals surface area contributed by atoms with Gasteiger partial charge in [0.1, 0.15) is 12.4 Å². The highest BCUT2D eigenvalue weighted by atomic mass is 16.5. The highest BCUT2D eigenvalue weighted by Gasteiger charge is 2.04. The predicted molar refractivity (Wildman–Crippen MR) is 66.2 cm³/mol. The normalized spacial score (nSPS) is 14.7. The summed E-state index contributed by atoms with van der Waals surface area (Å²) in [5.41, 5.74) is 1.26. The van der Waals surface area contributed by atoms with Gasteiger partial charge in [0.05, 0.1) is 12.4 Å². The maximum Gasteiger partial charge on any atom is 0.119 e. The number of nitrogens with zero attached hydrogens (tertiary/aromatic N) is 1. The number of amidine groups is 1. The highest BCUT2D eigenvalue weighted by Crippen LogP contribution is 2.10. The van der Waals surface area contributed by atoms with E-state index >= 15 is 0 Å². The molecular weight excluding hydrogens is 200 g/mol. The van der Waals surface area contributed by atoms with Gasteiger partial charge in [0, 0.05) is 13.0 Å². The number of aryl methyl sites for hydroxylation is 1. The number of nitrogens with one attached hydrogen (secondary N) is 1. The van der Waals surface area contributed by atoms with E-state index in [4.69, 9.17) is 4.74 Å². The first-order valence-corrected chi connectivity index (χ1v) is 5.81. The van der Waals surface area contributed by atoms with Crippen LogP contribution in [0.3, 0.4) is 0 Å². The molecule has 1 N–H and O–H groups in total. The average Bonchev–Trinajstić information content (AvgIpc) is 2.80. The SMILES string of the molecule is Cc1ccc(OCCNC2=NCCC2)cc1. The molecule has 0 spiro atoms. The maximum atomic E-state index is 5.60. The lowest BCUT2D eigenvalue weighted by Gasteiger charge is -2.08. The van der Waals surface area contributed by atoms with Gasteiger partial charge in [0.15, 0.2) is 0 Å². The zero-order valence-corrected chi connectivity index (χ0v) is 9.70. The Balaban J connectivity index is 1.66. The molecular formula is C13H18N2O. The third-order valence-electron chi connectivity index (χ3n) is 2.60. The molecule has 0 saturated carbocycles. The first kappa shape index (κ1) is 11.0. The Morgan fingerprint density at radius 2 is 2.12 bits per heavy atom. The van der Waals surface area contributed by atoms with E-state index in [0.717, 1.165) is 31.1 Å². The second-order valence-corrected chi connectivity index (χ2v) is 4.02. The van der Waals surface area contributed by atoms with E-state index < -0.39 is 0 Å². The van der Waals surface area contributed by atoms with Crippen LogP contribution in [-0.2, 0) is 0 Å². The molecule has 0 atom stereocenters. The quantitative estimate of drug-likeness (QED) is 0.786.